The molecule has 1 aromatic heterocycles. The Morgan fingerprint density at radius 2 is 1.91 bits per heavy atom. The van der Waals surface area contributed by atoms with Gasteiger partial charge in [0, 0.05) is 16.3 Å². The van der Waals surface area contributed by atoms with Crippen LogP contribution in [-0.4, -0.2) is 37.4 Å². The Balaban J connectivity index is 2.01. The van der Waals surface area contributed by atoms with Crippen LogP contribution in [0.5, 0.6) is 0 Å². The van der Waals surface area contributed by atoms with Gasteiger partial charge in [0.25, 0.3) is 0 Å². The maximum atomic E-state index is 12.0. The van der Waals surface area contributed by atoms with Crippen molar-refractivity contribution in [1.29, 1.82) is 0 Å². The standard InChI is InChI=1S/C17H21N3O2S/c1-12-6-7-13(9-15(12)19-17(22)11-20(2)3)18-16(21)10-14-5-4-8-23-14/h4-9H,10-11H2,1-3H3,(H,18,21)(H,19,22). The van der Waals surface area contributed by atoms with Gasteiger partial charge in [-0.2, -0.15) is 0 Å². The number of benzene rings is 1. The first-order chi connectivity index (χ1) is 10.9. The molecule has 0 atom stereocenters. The van der Waals surface area contributed by atoms with Gasteiger partial charge in [-0.05, 0) is 50.2 Å². The van der Waals surface area contributed by atoms with Gasteiger partial charge in [0.05, 0.1) is 13.0 Å². The fourth-order valence-corrected chi connectivity index (χ4v) is 2.79. The molecule has 2 rings (SSSR count). The van der Waals surface area contributed by atoms with Crippen LogP contribution in [0, 0.1) is 6.92 Å². The molecule has 23 heavy (non-hydrogen) atoms. The van der Waals surface area contributed by atoms with Gasteiger partial charge in [-0.15, -0.1) is 11.3 Å². The molecule has 122 valence electrons. The number of likely N-dealkylation sites (N-methyl/N-ethyl adjacent to an activating group) is 1. The van der Waals surface area contributed by atoms with Crippen LogP contribution in [0.4, 0.5) is 11.4 Å². The molecule has 0 aliphatic rings. The first-order valence-electron chi connectivity index (χ1n) is 7.31. The van der Waals surface area contributed by atoms with Crippen molar-refractivity contribution in [1.82, 2.24) is 4.90 Å². The van der Waals surface area contributed by atoms with Gasteiger partial charge in [0.2, 0.25) is 11.8 Å². The molecule has 0 saturated heterocycles. The van der Waals surface area contributed by atoms with Crippen molar-refractivity contribution in [2.75, 3.05) is 31.3 Å². The number of hydrogen-bond acceptors (Lipinski definition) is 4. The minimum atomic E-state index is -0.0832. The molecule has 0 aliphatic heterocycles. The third-order valence-electron chi connectivity index (χ3n) is 3.17. The van der Waals surface area contributed by atoms with E-state index in [0.29, 0.717) is 24.3 Å². The Morgan fingerprint density at radius 1 is 1.13 bits per heavy atom. The van der Waals surface area contributed by atoms with Crippen LogP contribution in [0.1, 0.15) is 10.4 Å². The van der Waals surface area contributed by atoms with Crippen LogP contribution < -0.4 is 10.6 Å². The zero-order valence-electron chi connectivity index (χ0n) is 13.6. The van der Waals surface area contributed by atoms with Crippen LogP contribution in [0.15, 0.2) is 35.7 Å². The average molecular weight is 331 g/mol. The van der Waals surface area contributed by atoms with Gasteiger partial charge in [-0.3, -0.25) is 9.59 Å². The summed E-state index contributed by atoms with van der Waals surface area (Å²) in [5, 5.41) is 7.69. The molecule has 5 nitrogen and oxygen atoms in total. The van der Waals surface area contributed by atoms with Gasteiger partial charge in [-0.1, -0.05) is 12.1 Å². The Bertz CT molecular complexity index is 681. The highest BCUT2D eigenvalue weighted by Gasteiger charge is 2.09. The topological polar surface area (TPSA) is 61.4 Å². The summed E-state index contributed by atoms with van der Waals surface area (Å²) >= 11 is 1.56. The van der Waals surface area contributed by atoms with Gasteiger partial charge < -0.3 is 15.5 Å². The van der Waals surface area contributed by atoms with E-state index in [1.807, 2.05) is 50.7 Å². The maximum Gasteiger partial charge on any atom is 0.238 e. The lowest BCUT2D eigenvalue weighted by Gasteiger charge is -2.13. The van der Waals surface area contributed by atoms with Gasteiger partial charge in [-0.25, -0.2) is 0 Å². The zero-order chi connectivity index (χ0) is 16.8. The summed E-state index contributed by atoms with van der Waals surface area (Å²) in [6.45, 7) is 2.23. The van der Waals surface area contributed by atoms with E-state index in [1.54, 1.807) is 22.3 Å². The predicted molar refractivity (Wildman–Crippen MR) is 95.0 cm³/mol. The van der Waals surface area contributed by atoms with Crippen molar-refractivity contribution in [3.8, 4) is 0 Å². The molecule has 0 fully saturated rings. The van der Waals surface area contributed by atoms with Gasteiger partial charge in [0.1, 0.15) is 0 Å². The van der Waals surface area contributed by atoms with Crippen molar-refractivity contribution in [3.63, 3.8) is 0 Å². The predicted octanol–water partition coefficient (Wildman–Crippen LogP) is 2.74. The molecule has 0 bridgehead atoms. The van der Waals surface area contributed by atoms with E-state index in [9.17, 15) is 9.59 Å². The van der Waals surface area contributed by atoms with Gasteiger partial charge in [0.15, 0.2) is 0 Å². The van der Waals surface area contributed by atoms with Crippen LogP contribution >= 0.6 is 11.3 Å². The zero-order valence-corrected chi connectivity index (χ0v) is 14.4. The quantitative estimate of drug-likeness (QED) is 0.855. The maximum absolute atomic E-state index is 12.0. The minimum absolute atomic E-state index is 0.0677. The first-order valence-corrected chi connectivity index (χ1v) is 8.19. The van der Waals surface area contributed by atoms with Crippen molar-refractivity contribution >= 4 is 34.5 Å². The molecular weight excluding hydrogens is 310 g/mol. The minimum Gasteiger partial charge on any atom is -0.326 e. The average Bonchev–Trinajstić information content (AvgIpc) is 2.94. The molecule has 0 unspecified atom stereocenters. The molecule has 1 aromatic carbocycles. The van der Waals surface area contributed by atoms with Crippen molar-refractivity contribution < 1.29 is 9.59 Å². The van der Waals surface area contributed by atoms with Crippen molar-refractivity contribution in [3.05, 3.63) is 46.2 Å². The number of carbonyl (C=O) groups excluding carboxylic acids is 2. The summed E-state index contributed by atoms with van der Waals surface area (Å²) < 4.78 is 0. The fraction of sp³-hybridized carbons (Fsp3) is 0.294. The summed E-state index contributed by atoms with van der Waals surface area (Å²) in [5.41, 5.74) is 2.34. The highest BCUT2D eigenvalue weighted by molar-refractivity contribution is 7.10. The number of nitrogens with one attached hydrogen (secondary N) is 2. The molecule has 6 heteroatoms. The molecule has 2 N–H and O–H groups in total. The second-order valence-electron chi connectivity index (χ2n) is 5.62. The van der Waals surface area contributed by atoms with Crippen LogP contribution in [0.2, 0.25) is 0 Å². The van der Waals surface area contributed by atoms with Gasteiger partial charge >= 0.3 is 0 Å². The normalized spacial score (nSPS) is 10.6. The number of thiophene rings is 1. The summed E-state index contributed by atoms with van der Waals surface area (Å²) in [5.74, 6) is -0.151. The SMILES string of the molecule is Cc1ccc(NC(=O)Cc2cccs2)cc1NC(=O)CN(C)C. The van der Waals surface area contributed by atoms with Crippen LogP contribution in [0.3, 0.4) is 0 Å². The van der Waals surface area contributed by atoms with Crippen LogP contribution in [0.25, 0.3) is 0 Å². The largest absolute Gasteiger partial charge is 0.326 e. The van der Waals surface area contributed by atoms with E-state index >= 15 is 0 Å². The summed E-state index contributed by atoms with van der Waals surface area (Å²) in [6, 6.07) is 9.37. The molecule has 2 aromatic rings. The molecule has 0 saturated carbocycles. The lowest BCUT2D eigenvalue weighted by Crippen LogP contribution is -2.27. The van der Waals surface area contributed by atoms with E-state index < -0.39 is 0 Å². The first kappa shape index (κ1) is 17.2. The van der Waals surface area contributed by atoms with E-state index in [2.05, 4.69) is 10.6 Å². The highest BCUT2D eigenvalue weighted by atomic mass is 32.1. The number of amides is 2. The second kappa shape index (κ2) is 7.89. The fourth-order valence-electron chi connectivity index (χ4n) is 2.09. The van der Waals surface area contributed by atoms with Crippen LogP contribution in [-0.2, 0) is 16.0 Å². The highest BCUT2D eigenvalue weighted by Crippen LogP contribution is 2.21. The Kier molecular flexibility index (Phi) is 5.90. The summed E-state index contributed by atoms with van der Waals surface area (Å²) in [7, 11) is 3.68. The number of carbonyl (C=O) groups is 2. The molecule has 1 heterocycles. The molecule has 0 spiro atoms. The van der Waals surface area contributed by atoms with E-state index in [-0.39, 0.29) is 11.8 Å². The second-order valence-corrected chi connectivity index (χ2v) is 6.65. The van der Waals surface area contributed by atoms with Crippen molar-refractivity contribution in [2.24, 2.45) is 0 Å². The summed E-state index contributed by atoms with van der Waals surface area (Å²) in [6.07, 6.45) is 0.355. The number of aryl methyl sites for hydroxylation is 1. The molecular formula is C17H21N3O2S. The number of rotatable bonds is 6. The molecule has 0 aliphatic carbocycles. The molecule has 2 amide bonds. The summed E-state index contributed by atoms with van der Waals surface area (Å²) in [4.78, 5) is 26.8. The number of hydrogen-bond donors (Lipinski definition) is 2. The number of anilines is 2. The van der Waals surface area contributed by atoms with Crippen molar-refractivity contribution in [2.45, 2.75) is 13.3 Å². The molecule has 0 radical (unpaired) electrons. The third kappa shape index (κ3) is 5.50. The lowest BCUT2D eigenvalue weighted by atomic mass is 10.1. The monoisotopic (exact) mass is 331 g/mol. The van der Waals surface area contributed by atoms with E-state index in [4.69, 9.17) is 0 Å². The lowest BCUT2D eigenvalue weighted by molar-refractivity contribution is -0.117. The smallest absolute Gasteiger partial charge is 0.238 e. The third-order valence-corrected chi connectivity index (χ3v) is 4.05. The Labute approximate surface area is 140 Å². The Hall–Kier alpha value is -2.18. The van der Waals surface area contributed by atoms with E-state index in [0.717, 1.165) is 10.4 Å². The Morgan fingerprint density at radius 3 is 2.57 bits per heavy atom. The van der Waals surface area contributed by atoms with E-state index in [1.165, 1.54) is 0 Å². The number of nitrogens with zero attached hydrogens (tertiary/aromatic N) is 1.